The van der Waals surface area contributed by atoms with E-state index in [0.29, 0.717) is 16.3 Å². The first-order valence-electron chi connectivity index (χ1n) is 6.30. The van der Waals surface area contributed by atoms with Crippen molar-refractivity contribution in [3.05, 3.63) is 64.4 Å². The van der Waals surface area contributed by atoms with E-state index in [1.807, 2.05) is 19.1 Å². The van der Waals surface area contributed by atoms with Crippen LogP contribution in [-0.2, 0) is 11.4 Å². The number of carboxylic acids is 1. The normalized spacial score (nSPS) is 10.8. The van der Waals surface area contributed by atoms with Crippen LogP contribution in [0, 0.1) is 6.92 Å². The molecule has 1 heterocycles. The molecule has 0 saturated carbocycles. The Balaban J connectivity index is 2.23. The van der Waals surface area contributed by atoms with Gasteiger partial charge < -0.3 is 9.84 Å². The Bertz CT molecular complexity index is 683. The fourth-order valence-electron chi connectivity index (χ4n) is 1.78. The van der Waals surface area contributed by atoms with Crippen molar-refractivity contribution in [3.8, 4) is 5.75 Å². The maximum Gasteiger partial charge on any atom is 0.328 e. The fourth-order valence-corrected chi connectivity index (χ4v) is 2.02. The first-order valence-corrected chi connectivity index (χ1v) is 6.68. The summed E-state index contributed by atoms with van der Waals surface area (Å²) in [6.07, 6.45) is 4.20. The van der Waals surface area contributed by atoms with E-state index in [2.05, 4.69) is 4.98 Å². The molecule has 2 aromatic rings. The second kappa shape index (κ2) is 6.90. The zero-order valence-electron chi connectivity index (χ0n) is 11.4. The summed E-state index contributed by atoms with van der Waals surface area (Å²) in [5, 5.41) is 9.14. The van der Waals surface area contributed by atoms with E-state index in [9.17, 15) is 4.79 Å². The Kier molecular flexibility index (Phi) is 4.95. The van der Waals surface area contributed by atoms with E-state index >= 15 is 0 Å². The molecule has 0 fully saturated rings. The van der Waals surface area contributed by atoms with Gasteiger partial charge in [0, 0.05) is 17.8 Å². The molecular formula is C16H14ClNO3. The minimum Gasteiger partial charge on any atom is -0.485 e. The van der Waals surface area contributed by atoms with Crippen LogP contribution >= 0.6 is 11.6 Å². The van der Waals surface area contributed by atoms with E-state index in [-0.39, 0.29) is 6.61 Å². The smallest absolute Gasteiger partial charge is 0.328 e. The lowest BCUT2D eigenvalue weighted by Gasteiger charge is -2.11. The molecule has 1 aromatic carbocycles. The number of nitrogens with zero attached hydrogens (tertiary/aromatic N) is 1. The predicted octanol–water partition coefficient (Wildman–Crippen LogP) is 3.72. The van der Waals surface area contributed by atoms with Crippen molar-refractivity contribution >= 4 is 23.6 Å². The number of benzene rings is 1. The molecule has 1 N–H and O–H groups in total. The number of aromatic nitrogens is 1. The van der Waals surface area contributed by atoms with Crippen molar-refractivity contribution in [2.75, 3.05) is 0 Å². The molecule has 108 valence electrons. The third-order valence-corrected chi connectivity index (χ3v) is 3.17. The van der Waals surface area contributed by atoms with Gasteiger partial charge in [-0.2, -0.15) is 0 Å². The molecule has 0 radical (unpaired) electrons. The number of hydrogen-bond acceptors (Lipinski definition) is 3. The number of para-hydroxylation sites is 1. The zero-order valence-corrected chi connectivity index (χ0v) is 12.2. The van der Waals surface area contributed by atoms with E-state index in [0.717, 1.165) is 17.3 Å². The van der Waals surface area contributed by atoms with E-state index in [1.165, 1.54) is 6.08 Å². The molecule has 5 heteroatoms. The Morgan fingerprint density at radius 3 is 2.90 bits per heavy atom. The molecule has 0 amide bonds. The molecule has 0 bridgehead atoms. The second-order valence-electron chi connectivity index (χ2n) is 4.39. The molecule has 0 atom stereocenters. The molecule has 4 nitrogen and oxygen atoms in total. The monoisotopic (exact) mass is 303 g/mol. The second-order valence-corrected chi connectivity index (χ2v) is 4.79. The van der Waals surface area contributed by atoms with Gasteiger partial charge >= 0.3 is 5.97 Å². The molecule has 2 rings (SSSR count). The number of carboxylic acid groups (broad SMARTS) is 1. The molecule has 1 aromatic heterocycles. The van der Waals surface area contributed by atoms with Gasteiger partial charge in [-0.25, -0.2) is 4.79 Å². The van der Waals surface area contributed by atoms with E-state index < -0.39 is 5.97 Å². The van der Waals surface area contributed by atoms with Gasteiger partial charge in [0.1, 0.15) is 12.4 Å². The fraction of sp³-hybridized carbons (Fsp3) is 0.125. The molecule has 0 aliphatic heterocycles. The van der Waals surface area contributed by atoms with Gasteiger partial charge in [-0.15, -0.1) is 0 Å². The molecule has 0 saturated heterocycles. The first-order chi connectivity index (χ1) is 10.1. The molecule has 21 heavy (non-hydrogen) atoms. The van der Waals surface area contributed by atoms with Crippen LogP contribution in [0.5, 0.6) is 5.75 Å². The Morgan fingerprint density at radius 1 is 1.38 bits per heavy atom. The number of ether oxygens (including phenoxy) is 1. The standard InChI is InChI=1S/C16H14ClNO3/c1-11-4-3-9-18-14(11)10-21-16-12(7-8-15(19)20)5-2-6-13(16)17/h2-9H,10H2,1H3,(H,19,20)/b8-7+. The lowest BCUT2D eigenvalue weighted by atomic mass is 10.2. The number of aryl methyl sites for hydroxylation is 1. The van der Waals surface area contributed by atoms with Crippen molar-refractivity contribution in [2.45, 2.75) is 13.5 Å². The summed E-state index contributed by atoms with van der Waals surface area (Å²) in [6.45, 7) is 2.22. The summed E-state index contributed by atoms with van der Waals surface area (Å²) in [5.41, 5.74) is 2.44. The van der Waals surface area contributed by atoms with Crippen molar-refractivity contribution in [3.63, 3.8) is 0 Å². The highest BCUT2D eigenvalue weighted by molar-refractivity contribution is 6.32. The van der Waals surface area contributed by atoms with Crippen LogP contribution in [0.4, 0.5) is 0 Å². The molecule has 0 spiro atoms. The van der Waals surface area contributed by atoms with Crippen LogP contribution in [0.2, 0.25) is 5.02 Å². The van der Waals surface area contributed by atoms with Crippen molar-refractivity contribution in [1.82, 2.24) is 4.98 Å². The summed E-state index contributed by atoms with van der Waals surface area (Å²) in [7, 11) is 0. The van der Waals surface area contributed by atoms with Crippen LogP contribution in [0.3, 0.4) is 0 Å². The van der Waals surface area contributed by atoms with Gasteiger partial charge in [0.25, 0.3) is 0 Å². The van der Waals surface area contributed by atoms with Crippen LogP contribution in [0.25, 0.3) is 6.08 Å². The van der Waals surface area contributed by atoms with Crippen molar-refractivity contribution < 1.29 is 14.6 Å². The van der Waals surface area contributed by atoms with Gasteiger partial charge in [0.15, 0.2) is 0 Å². The lowest BCUT2D eigenvalue weighted by molar-refractivity contribution is -0.131. The third-order valence-electron chi connectivity index (χ3n) is 2.87. The van der Waals surface area contributed by atoms with E-state index in [4.69, 9.17) is 21.4 Å². The van der Waals surface area contributed by atoms with Crippen molar-refractivity contribution in [1.29, 1.82) is 0 Å². The topological polar surface area (TPSA) is 59.4 Å². The SMILES string of the molecule is Cc1cccnc1COc1c(Cl)cccc1/C=C/C(=O)O. The summed E-state index contributed by atoms with van der Waals surface area (Å²) in [5.74, 6) is -0.580. The Morgan fingerprint density at radius 2 is 2.19 bits per heavy atom. The lowest BCUT2D eigenvalue weighted by Crippen LogP contribution is -2.02. The summed E-state index contributed by atoms with van der Waals surface area (Å²) in [4.78, 5) is 14.9. The largest absolute Gasteiger partial charge is 0.485 e. The number of halogens is 1. The van der Waals surface area contributed by atoms with Crippen LogP contribution in [0.1, 0.15) is 16.8 Å². The number of carbonyl (C=O) groups is 1. The van der Waals surface area contributed by atoms with Gasteiger partial charge in [0.2, 0.25) is 0 Å². The maximum absolute atomic E-state index is 10.6. The third kappa shape index (κ3) is 4.07. The number of pyridine rings is 1. The highest BCUT2D eigenvalue weighted by Crippen LogP contribution is 2.30. The van der Waals surface area contributed by atoms with E-state index in [1.54, 1.807) is 24.4 Å². The maximum atomic E-state index is 10.6. The average molecular weight is 304 g/mol. The van der Waals surface area contributed by atoms with Crippen LogP contribution in [-0.4, -0.2) is 16.1 Å². The Hall–Kier alpha value is -2.33. The van der Waals surface area contributed by atoms with Gasteiger partial charge in [-0.3, -0.25) is 4.98 Å². The van der Waals surface area contributed by atoms with Crippen LogP contribution < -0.4 is 4.74 Å². The quantitative estimate of drug-likeness (QED) is 0.855. The summed E-state index contributed by atoms with van der Waals surface area (Å²) in [6, 6.07) is 8.98. The van der Waals surface area contributed by atoms with Crippen molar-refractivity contribution in [2.24, 2.45) is 0 Å². The minimum atomic E-state index is -1.03. The Labute approximate surface area is 127 Å². The number of aliphatic carboxylic acids is 1. The zero-order chi connectivity index (χ0) is 15.2. The highest BCUT2D eigenvalue weighted by Gasteiger charge is 2.08. The minimum absolute atomic E-state index is 0.268. The van der Waals surface area contributed by atoms with Gasteiger partial charge in [-0.1, -0.05) is 29.8 Å². The molecular weight excluding hydrogens is 290 g/mol. The highest BCUT2D eigenvalue weighted by atomic mass is 35.5. The summed E-state index contributed by atoms with van der Waals surface area (Å²) < 4.78 is 5.73. The van der Waals surface area contributed by atoms with Gasteiger partial charge in [-0.05, 0) is 30.7 Å². The number of hydrogen-bond donors (Lipinski definition) is 1. The summed E-state index contributed by atoms with van der Waals surface area (Å²) >= 11 is 6.12. The first kappa shape index (κ1) is 15.1. The molecule has 0 aliphatic rings. The molecule has 0 aliphatic carbocycles. The average Bonchev–Trinajstić information content (AvgIpc) is 2.45. The number of rotatable bonds is 5. The van der Waals surface area contributed by atoms with Gasteiger partial charge in [0.05, 0.1) is 10.7 Å². The molecule has 0 unspecified atom stereocenters. The van der Waals surface area contributed by atoms with Crippen LogP contribution in [0.15, 0.2) is 42.6 Å². The predicted molar refractivity (Wildman–Crippen MR) is 81.4 cm³/mol.